The number of carbonyl (C=O) groups is 1. The first kappa shape index (κ1) is 18.1. The van der Waals surface area contributed by atoms with Crippen molar-refractivity contribution in [3.05, 3.63) is 59.1 Å². The van der Waals surface area contributed by atoms with Crippen molar-refractivity contribution in [2.24, 2.45) is 0 Å². The number of carbonyl (C=O) groups excluding carboxylic acids is 1. The monoisotopic (exact) mass is 398 g/mol. The maximum Gasteiger partial charge on any atom is 0.338 e. The third-order valence-electron chi connectivity index (χ3n) is 4.02. The molecule has 0 unspecified atom stereocenters. The van der Waals surface area contributed by atoms with Gasteiger partial charge in [-0.25, -0.2) is 9.78 Å². The largest absolute Gasteiger partial charge is 0.497 e. The maximum absolute atomic E-state index is 12.3. The van der Waals surface area contributed by atoms with Gasteiger partial charge in [-0.2, -0.15) is 0 Å². The summed E-state index contributed by atoms with van der Waals surface area (Å²) >= 11 is 1.44. The Morgan fingerprint density at radius 2 is 1.93 bits per heavy atom. The van der Waals surface area contributed by atoms with Crippen LogP contribution in [0.25, 0.3) is 0 Å². The SMILES string of the molecule is COc1ccc(Nc2nc(COC(=O)c3ccc4c(c3)OCCO4)cs2)cc1. The van der Waals surface area contributed by atoms with Gasteiger partial charge in [0.2, 0.25) is 0 Å². The standard InChI is InChI=1S/C20H18N2O5S/c1-24-16-5-3-14(4-6-16)21-20-22-15(12-28-20)11-27-19(23)13-2-7-17-18(10-13)26-9-8-25-17/h2-7,10,12H,8-9,11H2,1H3,(H,21,22). The fourth-order valence-corrected chi connectivity index (χ4v) is 3.34. The Hall–Kier alpha value is -3.26. The van der Waals surface area contributed by atoms with Crippen LogP contribution in [0.1, 0.15) is 16.1 Å². The predicted molar refractivity (Wildman–Crippen MR) is 105 cm³/mol. The molecule has 0 atom stereocenters. The molecule has 1 N–H and O–H groups in total. The molecule has 0 saturated heterocycles. The maximum atomic E-state index is 12.3. The van der Waals surface area contributed by atoms with E-state index < -0.39 is 5.97 Å². The quantitative estimate of drug-likeness (QED) is 0.628. The summed E-state index contributed by atoms with van der Waals surface area (Å²) in [5.41, 5.74) is 1.98. The molecule has 3 aromatic rings. The lowest BCUT2D eigenvalue weighted by molar-refractivity contribution is 0.0467. The van der Waals surface area contributed by atoms with Crippen LogP contribution in [0.4, 0.5) is 10.8 Å². The van der Waals surface area contributed by atoms with Gasteiger partial charge in [-0.3, -0.25) is 0 Å². The number of anilines is 2. The van der Waals surface area contributed by atoms with Gasteiger partial charge in [-0.1, -0.05) is 0 Å². The predicted octanol–water partition coefficient (Wildman–Crippen LogP) is 4.02. The molecule has 2 heterocycles. The van der Waals surface area contributed by atoms with Crippen LogP contribution < -0.4 is 19.5 Å². The number of fused-ring (bicyclic) bond motifs is 1. The number of nitrogens with zero attached hydrogens (tertiary/aromatic N) is 1. The second kappa shape index (κ2) is 8.18. The minimum Gasteiger partial charge on any atom is -0.497 e. The first-order valence-corrected chi connectivity index (χ1v) is 9.51. The molecule has 0 aliphatic carbocycles. The molecular weight excluding hydrogens is 380 g/mol. The number of hydrogen-bond acceptors (Lipinski definition) is 8. The summed E-state index contributed by atoms with van der Waals surface area (Å²) in [7, 11) is 1.63. The normalized spacial score (nSPS) is 12.3. The molecule has 0 saturated carbocycles. The van der Waals surface area contributed by atoms with E-state index in [0.717, 1.165) is 16.6 Å². The van der Waals surface area contributed by atoms with Crippen LogP contribution in [-0.2, 0) is 11.3 Å². The molecule has 2 aromatic carbocycles. The summed E-state index contributed by atoms with van der Waals surface area (Å²) in [6.45, 7) is 1.07. The van der Waals surface area contributed by atoms with Crippen molar-refractivity contribution in [1.29, 1.82) is 0 Å². The second-order valence-electron chi connectivity index (χ2n) is 5.93. The first-order chi connectivity index (χ1) is 13.7. The van der Waals surface area contributed by atoms with Crippen LogP contribution in [0.2, 0.25) is 0 Å². The highest BCUT2D eigenvalue weighted by molar-refractivity contribution is 7.13. The highest BCUT2D eigenvalue weighted by Crippen LogP contribution is 2.31. The van der Waals surface area contributed by atoms with Crippen molar-refractivity contribution in [3.63, 3.8) is 0 Å². The van der Waals surface area contributed by atoms with E-state index in [4.69, 9.17) is 18.9 Å². The Balaban J connectivity index is 1.34. The van der Waals surface area contributed by atoms with Crippen LogP contribution in [0.5, 0.6) is 17.2 Å². The number of nitrogens with one attached hydrogen (secondary N) is 1. The lowest BCUT2D eigenvalue weighted by atomic mass is 10.2. The highest BCUT2D eigenvalue weighted by Gasteiger charge is 2.16. The minimum absolute atomic E-state index is 0.0913. The van der Waals surface area contributed by atoms with E-state index >= 15 is 0 Å². The molecule has 0 spiro atoms. The number of hydrogen-bond donors (Lipinski definition) is 1. The van der Waals surface area contributed by atoms with Gasteiger partial charge in [0.15, 0.2) is 16.6 Å². The molecule has 8 heteroatoms. The van der Waals surface area contributed by atoms with E-state index in [-0.39, 0.29) is 6.61 Å². The summed E-state index contributed by atoms with van der Waals surface area (Å²) in [4.78, 5) is 16.7. The molecule has 0 radical (unpaired) electrons. The average Bonchev–Trinajstić information content (AvgIpc) is 3.19. The van der Waals surface area contributed by atoms with Gasteiger partial charge in [-0.15, -0.1) is 11.3 Å². The molecule has 0 fully saturated rings. The molecule has 1 aliphatic rings. The molecule has 7 nitrogen and oxygen atoms in total. The topological polar surface area (TPSA) is 78.9 Å². The lowest BCUT2D eigenvalue weighted by Gasteiger charge is -2.18. The molecule has 0 bridgehead atoms. The van der Waals surface area contributed by atoms with Crippen molar-refractivity contribution in [2.45, 2.75) is 6.61 Å². The van der Waals surface area contributed by atoms with E-state index in [1.165, 1.54) is 11.3 Å². The van der Waals surface area contributed by atoms with E-state index in [1.807, 2.05) is 29.6 Å². The van der Waals surface area contributed by atoms with Crippen LogP contribution in [0.15, 0.2) is 47.8 Å². The molecule has 28 heavy (non-hydrogen) atoms. The molecular formula is C20H18N2O5S. The van der Waals surface area contributed by atoms with Crippen LogP contribution in [0.3, 0.4) is 0 Å². The number of methoxy groups -OCH3 is 1. The summed E-state index contributed by atoms with van der Waals surface area (Å²) in [5, 5.41) is 5.78. The third-order valence-corrected chi connectivity index (χ3v) is 4.83. The second-order valence-corrected chi connectivity index (χ2v) is 6.79. The van der Waals surface area contributed by atoms with Gasteiger partial charge in [0, 0.05) is 11.1 Å². The number of benzene rings is 2. The Morgan fingerprint density at radius 1 is 1.14 bits per heavy atom. The van der Waals surface area contributed by atoms with Crippen molar-refractivity contribution >= 4 is 28.1 Å². The van der Waals surface area contributed by atoms with Crippen molar-refractivity contribution < 1.29 is 23.7 Å². The van der Waals surface area contributed by atoms with Crippen molar-refractivity contribution in [1.82, 2.24) is 4.98 Å². The van der Waals surface area contributed by atoms with E-state index in [2.05, 4.69) is 10.3 Å². The summed E-state index contributed by atoms with van der Waals surface area (Å²) in [6, 6.07) is 12.6. The fraction of sp³-hybridized carbons (Fsp3) is 0.200. The number of thiazole rings is 1. The minimum atomic E-state index is -0.436. The summed E-state index contributed by atoms with van der Waals surface area (Å²) in [5.74, 6) is 1.54. The zero-order chi connectivity index (χ0) is 19.3. The Morgan fingerprint density at radius 3 is 2.71 bits per heavy atom. The Labute approximate surface area is 165 Å². The number of rotatable bonds is 6. The highest BCUT2D eigenvalue weighted by atomic mass is 32.1. The lowest BCUT2D eigenvalue weighted by Crippen LogP contribution is -2.16. The Bertz CT molecular complexity index is 971. The number of esters is 1. The third kappa shape index (κ3) is 4.17. The van der Waals surface area contributed by atoms with Gasteiger partial charge in [0.05, 0.1) is 18.4 Å². The number of ether oxygens (including phenoxy) is 4. The van der Waals surface area contributed by atoms with Gasteiger partial charge in [0.1, 0.15) is 25.6 Å². The first-order valence-electron chi connectivity index (χ1n) is 8.63. The van der Waals surface area contributed by atoms with Crippen LogP contribution in [-0.4, -0.2) is 31.3 Å². The number of aromatic nitrogens is 1. The molecule has 1 aromatic heterocycles. The molecule has 1 aliphatic heterocycles. The van der Waals surface area contributed by atoms with Crippen LogP contribution >= 0.6 is 11.3 Å². The zero-order valence-electron chi connectivity index (χ0n) is 15.1. The van der Waals surface area contributed by atoms with Gasteiger partial charge in [-0.05, 0) is 42.5 Å². The average molecular weight is 398 g/mol. The van der Waals surface area contributed by atoms with Gasteiger partial charge in [0.25, 0.3) is 0 Å². The van der Waals surface area contributed by atoms with Crippen molar-refractivity contribution in [3.8, 4) is 17.2 Å². The smallest absolute Gasteiger partial charge is 0.338 e. The molecule has 4 rings (SSSR count). The van der Waals surface area contributed by atoms with Gasteiger partial charge >= 0.3 is 5.97 Å². The molecule has 0 amide bonds. The van der Waals surface area contributed by atoms with Crippen molar-refractivity contribution in [2.75, 3.05) is 25.6 Å². The molecule has 144 valence electrons. The summed E-state index contributed by atoms with van der Waals surface area (Å²) in [6.07, 6.45) is 0. The van der Waals surface area contributed by atoms with E-state index in [1.54, 1.807) is 25.3 Å². The summed E-state index contributed by atoms with van der Waals surface area (Å²) < 4.78 is 21.4. The van der Waals surface area contributed by atoms with E-state index in [0.29, 0.717) is 36.0 Å². The Kier molecular flexibility index (Phi) is 5.29. The zero-order valence-corrected chi connectivity index (χ0v) is 16.0. The van der Waals surface area contributed by atoms with Crippen LogP contribution in [0, 0.1) is 0 Å². The van der Waals surface area contributed by atoms with E-state index in [9.17, 15) is 4.79 Å². The fourth-order valence-electron chi connectivity index (χ4n) is 2.62. The van der Waals surface area contributed by atoms with Gasteiger partial charge < -0.3 is 24.3 Å².